The number of esters is 1. The third kappa shape index (κ3) is 5.18. The van der Waals surface area contributed by atoms with Gasteiger partial charge in [0.05, 0.1) is 12.2 Å². The molecule has 2 heterocycles. The Kier molecular flexibility index (Phi) is 6.41. The SMILES string of the molecule is CCOC(=O)c1ccc(NC(=O)COc2cc(C)nc(N3CCCC3)n2)cc1. The number of anilines is 2. The van der Waals surface area contributed by atoms with E-state index >= 15 is 0 Å². The van der Waals surface area contributed by atoms with E-state index in [0.717, 1.165) is 31.6 Å². The maximum Gasteiger partial charge on any atom is 0.338 e. The predicted molar refractivity (Wildman–Crippen MR) is 105 cm³/mol. The van der Waals surface area contributed by atoms with Crippen LogP contribution in [0.1, 0.15) is 35.8 Å². The van der Waals surface area contributed by atoms with Gasteiger partial charge in [0, 0.05) is 30.5 Å². The number of amides is 1. The van der Waals surface area contributed by atoms with Crippen LogP contribution in [0.5, 0.6) is 5.88 Å². The molecule has 0 aliphatic carbocycles. The molecule has 1 aliphatic heterocycles. The van der Waals surface area contributed by atoms with E-state index in [1.54, 1.807) is 37.3 Å². The lowest BCUT2D eigenvalue weighted by atomic mass is 10.2. The second kappa shape index (κ2) is 9.16. The number of nitrogens with one attached hydrogen (secondary N) is 1. The summed E-state index contributed by atoms with van der Waals surface area (Å²) in [6, 6.07) is 8.20. The standard InChI is InChI=1S/C20H24N4O4/c1-3-27-19(26)15-6-8-16(9-7-15)22-17(25)13-28-18-12-14(2)21-20(23-18)24-10-4-5-11-24/h6-9,12H,3-5,10-11,13H2,1-2H3,(H,22,25). The van der Waals surface area contributed by atoms with Gasteiger partial charge >= 0.3 is 5.97 Å². The van der Waals surface area contributed by atoms with E-state index in [0.29, 0.717) is 29.7 Å². The molecule has 1 aromatic heterocycles. The lowest BCUT2D eigenvalue weighted by molar-refractivity contribution is -0.118. The van der Waals surface area contributed by atoms with Crippen LogP contribution in [0.4, 0.5) is 11.6 Å². The largest absolute Gasteiger partial charge is 0.467 e. The van der Waals surface area contributed by atoms with E-state index in [2.05, 4.69) is 20.2 Å². The van der Waals surface area contributed by atoms with Crippen molar-refractivity contribution in [3.63, 3.8) is 0 Å². The molecule has 2 aromatic rings. The number of ether oxygens (including phenoxy) is 2. The van der Waals surface area contributed by atoms with Gasteiger partial charge < -0.3 is 19.7 Å². The summed E-state index contributed by atoms with van der Waals surface area (Å²) in [6.07, 6.45) is 2.26. The molecular weight excluding hydrogens is 360 g/mol. The number of benzene rings is 1. The van der Waals surface area contributed by atoms with Crippen molar-refractivity contribution >= 4 is 23.5 Å². The molecule has 8 heteroatoms. The van der Waals surface area contributed by atoms with E-state index in [1.807, 2.05) is 6.92 Å². The molecule has 0 bridgehead atoms. The van der Waals surface area contributed by atoms with Crippen LogP contribution in [-0.4, -0.2) is 48.1 Å². The zero-order chi connectivity index (χ0) is 19.9. The summed E-state index contributed by atoms with van der Waals surface area (Å²) in [4.78, 5) is 34.8. The molecule has 1 amide bonds. The van der Waals surface area contributed by atoms with E-state index in [-0.39, 0.29) is 12.5 Å². The third-order valence-electron chi connectivity index (χ3n) is 4.24. The number of aromatic nitrogens is 2. The van der Waals surface area contributed by atoms with Gasteiger partial charge in [-0.15, -0.1) is 0 Å². The fraction of sp³-hybridized carbons (Fsp3) is 0.400. The number of hydrogen-bond donors (Lipinski definition) is 1. The van der Waals surface area contributed by atoms with Gasteiger partial charge in [-0.1, -0.05) is 0 Å². The molecule has 0 radical (unpaired) electrons. The quantitative estimate of drug-likeness (QED) is 0.733. The molecule has 1 aliphatic rings. The number of carbonyl (C=O) groups is 2. The van der Waals surface area contributed by atoms with Crippen LogP contribution < -0.4 is 15.0 Å². The molecular formula is C20H24N4O4. The molecule has 0 spiro atoms. The molecule has 0 saturated carbocycles. The van der Waals surface area contributed by atoms with E-state index in [1.165, 1.54) is 0 Å². The smallest absolute Gasteiger partial charge is 0.338 e. The molecule has 148 valence electrons. The first-order valence-corrected chi connectivity index (χ1v) is 9.35. The van der Waals surface area contributed by atoms with Crippen molar-refractivity contribution in [2.45, 2.75) is 26.7 Å². The molecule has 8 nitrogen and oxygen atoms in total. The highest BCUT2D eigenvalue weighted by Crippen LogP contribution is 2.19. The Morgan fingerprint density at radius 3 is 2.54 bits per heavy atom. The lowest BCUT2D eigenvalue weighted by Gasteiger charge is -2.16. The molecule has 1 saturated heterocycles. The van der Waals surface area contributed by atoms with Gasteiger partial charge in [0.25, 0.3) is 5.91 Å². The van der Waals surface area contributed by atoms with Crippen molar-refractivity contribution in [1.82, 2.24) is 9.97 Å². The fourth-order valence-corrected chi connectivity index (χ4v) is 2.90. The third-order valence-corrected chi connectivity index (χ3v) is 4.24. The minimum atomic E-state index is -0.392. The normalized spacial score (nSPS) is 13.3. The lowest BCUT2D eigenvalue weighted by Crippen LogP contribution is -2.23. The summed E-state index contributed by atoms with van der Waals surface area (Å²) >= 11 is 0. The highest BCUT2D eigenvalue weighted by atomic mass is 16.5. The highest BCUT2D eigenvalue weighted by Gasteiger charge is 2.16. The van der Waals surface area contributed by atoms with Crippen LogP contribution in [-0.2, 0) is 9.53 Å². The second-order valence-electron chi connectivity index (χ2n) is 6.48. The summed E-state index contributed by atoms with van der Waals surface area (Å²) in [7, 11) is 0. The van der Waals surface area contributed by atoms with Crippen molar-refractivity contribution < 1.29 is 19.1 Å². The van der Waals surface area contributed by atoms with Crippen LogP contribution >= 0.6 is 0 Å². The van der Waals surface area contributed by atoms with Gasteiger partial charge in [-0.2, -0.15) is 4.98 Å². The number of hydrogen-bond acceptors (Lipinski definition) is 7. The van der Waals surface area contributed by atoms with Crippen LogP contribution in [0.25, 0.3) is 0 Å². The number of rotatable bonds is 7. The van der Waals surface area contributed by atoms with E-state index in [9.17, 15) is 9.59 Å². The van der Waals surface area contributed by atoms with Gasteiger partial charge in [-0.05, 0) is 51.0 Å². The number of nitrogens with zero attached hydrogens (tertiary/aromatic N) is 3. The van der Waals surface area contributed by atoms with E-state index < -0.39 is 5.97 Å². The summed E-state index contributed by atoms with van der Waals surface area (Å²) in [5.41, 5.74) is 1.79. The predicted octanol–water partition coefficient (Wildman–Crippen LogP) is 2.58. The van der Waals surface area contributed by atoms with Gasteiger partial charge in [-0.25, -0.2) is 9.78 Å². The number of aryl methyl sites for hydroxylation is 1. The van der Waals surface area contributed by atoms with Crippen LogP contribution in [0.2, 0.25) is 0 Å². The van der Waals surface area contributed by atoms with Gasteiger partial charge in [0.1, 0.15) is 0 Å². The van der Waals surface area contributed by atoms with Crippen LogP contribution in [0.3, 0.4) is 0 Å². The molecule has 0 unspecified atom stereocenters. The molecule has 1 fully saturated rings. The molecule has 1 aromatic carbocycles. The molecule has 3 rings (SSSR count). The summed E-state index contributed by atoms with van der Waals surface area (Å²) < 4.78 is 10.5. The van der Waals surface area contributed by atoms with Gasteiger partial charge in [0.2, 0.25) is 11.8 Å². The first kappa shape index (κ1) is 19.6. The van der Waals surface area contributed by atoms with Gasteiger partial charge in [-0.3, -0.25) is 4.79 Å². The number of carbonyl (C=O) groups excluding carboxylic acids is 2. The molecule has 1 N–H and O–H groups in total. The van der Waals surface area contributed by atoms with Crippen molar-refractivity contribution in [1.29, 1.82) is 0 Å². The fourth-order valence-electron chi connectivity index (χ4n) is 2.90. The maximum absolute atomic E-state index is 12.2. The zero-order valence-electron chi connectivity index (χ0n) is 16.1. The Bertz CT molecular complexity index is 833. The summed E-state index contributed by atoms with van der Waals surface area (Å²) in [5.74, 6) is 0.309. The average Bonchev–Trinajstić information content (AvgIpc) is 3.22. The zero-order valence-corrected chi connectivity index (χ0v) is 16.1. The topological polar surface area (TPSA) is 93.6 Å². The minimum absolute atomic E-state index is 0.171. The molecule has 28 heavy (non-hydrogen) atoms. The Balaban J connectivity index is 1.55. The highest BCUT2D eigenvalue weighted by molar-refractivity contribution is 5.93. The van der Waals surface area contributed by atoms with Crippen molar-refractivity contribution in [3.8, 4) is 5.88 Å². The second-order valence-corrected chi connectivity index (χ2v) is 6.48. The van der Waals surface area contributed by atoms with Crippen LogP contribution in [0.15, 0.2) is 30.3 Å². The Morgan fingerprint density at radius 1 is 1.14 bits per heavy atom. The van der Waals surface area contributed by atoms with Gasteiger partial charge in [0.15, 0.2) is 6.61 Å². The molecule has 0 atom stereocenters. The summed E-state index contributed by atoms with van der Waals surface area (Å²) in [6.45, 7) is 5.64. The van der Waals surface area contributed by atoms with Crippen molar-refractivity contribution in [3.05, 3.63) is 41.6 Å². The van der Waals surface area contributed by atoms with Crippen LogP contribution in [0, 0.1) is 6.92 Å². The Labute approximate surface area is 163 Å². The van der Waals surface area contributed by atoms with Crippen molar-refractivity contribution in [2.75, 3.05) is 36.5 Å². The first-order chi connectivity index (χ1) is 13.5. The Hall–Kier alpha value is -3.16. The maximum atomic E-state index is 12.2. The minimum Gasteiger partial charge on any atom is -0.467 e. The average molecular weight is 384 g/mol. The monoisotopic (exact) mass is 384 g/mol. The van der Waals surface area contributed by atoms with E-state index in [4.69, 9.17) is 9.47 Å². The van der Waals surface area contributed by atoms with Crippen molar-refractivity contribution in [2.24, 2.45) is 0 Å². The first-order valence-electron chi connectivity index (χ1n) is 9.35. The summed E-state index contributed by atoms with van der Waals surface area (Å²) in [5, 5.41) is 2.72. The Morgan fingerprint density at radius 2 is 1.86 bits per heavy atom.